The molecule has 2 rings (SSSR count). The second kappa shape index (κ2) is 5.84. The Balaban J connectivity index is 2.03. The maximum atomic E-state index is 9.58. The Morgan fingerprint density at radius 2 is 1.82 bits per heavy atom. The average molecular weight is 236 g/mol. The molecule has 96 valence electrons. The molecule has 0 radical (unpaired) electrons. The summed E-state index contributed by atoms with van der Waals surface area (Å²) in [6.45, 7) is 0. The van der Waals surface area contributed by atoms with Crippen LogP contribution in [-0.2, 0) is 4.74 Å². The topological polar surface area (TPSA) is 45.0 Å². The molecule has 0 aliphatic heterocycles. The number of nitrogens with one attached hydrogen (secondary N) is 1. The van der Waals surface area contributed by atoms with Gasteiger partial charge in [-0.1, -0.05) is 32.1 Å². The lowest BCUT2D eigenvalue weighted by molar-refractivity contribution is 0.00594. The summed E-state index contributed by atoms with van der Waals surface area (Å²) >= 11 is 0. The molecule has 0 aromatic heterocycles. The molecule has 1 N–H and O–H groups in total. The molecule has 2 saturated carbocycles. The van der Waals surface area contributed by atoms with Crippen LogP contribution in [0.3, 0.4) is 0 Å². The summed E-state index contributed by atoms with van der Waals surface area (Å²) in [4.78, 5) is 0. The number of nitrogens with zero attached hydrogens (tertiary/aromatic N) is 1. The van der Waals surface area contributed by atoms with Gasteiger partial charge in [-0.3, -0.25) is 5.32 Å². The van der Waals surface area contributed by atoms with Crippen molar-refractivity contribution < 1.29 is 4.74 Å². The Bertz CT molecular complexity index is 280. The van der Waals surface area contributed by atoms with Gasteiger partial charge in [0.15, 0.2) is 0 Å². The predicted octanol–water partition coefficient (Wildman–Crippen LogP) is 2.76. The molecule has 0 aromatic rings. The summed E-state index contributed by atoms with van der Waals surface area (Å²) in [5.74, 6) is 0. The average Bonchev–Trinajstić information content (AvgIpc) is 2.40. The molecule has 3 heteroatoms. The van der Waals surface area contributed by atoms with Gasteiger partial charge in [0.25, 0.3) is 0 Å². The van der Waals surface area contributed by atoms with E-state index < -0.39 is 5.54 Å². The minimum Gasteiger partial charge on any atom is -0.378 e. The van der Waals surface area contributed by atoms with Gasteiger partial charge in [-0.2, -0.15) is 5.26 Å². The van der Waals surface area contributed by atoms with Gasteiger partial charge in [-0.05, 0) is 25.7 Å². The van der Waals surface area contributed by atoms with Crippen LogP contribution < -0.4 is 5.32 Å². The quantitative estimate of drug-likeness (QED) is 0.819. The van der Waals surface area contributed by atoms with Gasteiger partial charge in [0.05, 0.1) is 12.2 Å². The van der Waals surface area contributed by atoms with Crippen molar-refractivity contribution in [3.05, 3.63) is 0 Å². The third kappa shape index (κ3) is 2.81. The Labute approximate surface area is 105 Å². The second-order valence-corrected chi connectivity index (χ2v) is 5.53. The van der Waals surface area contributed by atoms with Gasteiger partial charge in [-0.15, -0.1) is 0 Å². The molecule has 0 bridgehead atoms. The number of rotatable bonds is 3. The van der Waals surface area contributed by atoms with E-state index in [-0.39, 0.29) is 6.10 Å². The number of hydrogen-bond donors (Lipinski definition) is 1. The maximum absolute atomic E-state index is 9.58. The molecule has 2 unspecified atom stereocenters. The fraction of sp³-hybridized carbons (Fsp3) is 0.929. The monoisotopic (exact) mass is 236 g/mol. The highest BCUT2D eigenvalue weighted by molar-refractivity contribution is 5.14. The van der Waals surface area contributed by atoms with Gasteiger partial charge >= 0.3 is 0 Å². The van der Waals surface area contributed by atoms with Crippen molar-refractivity contribution in [1.82, 2.24) is 5.32 Å². The van der Waals surface area contributed by atoms with Crippen molar-refractivity contribution >= 4 is 0 Å². The third-order valence-electron chi connectivity index (χ3n) is 4.39. The number of methoxy groups -OCH3 is 1. The Hall–Kier alpha value is -0.590. The molecule has 0 saturated heterocycles. The van der Waals surface area contributed by atoms with E-state index in [1.54, 1.807) is 7.11 Å². The van der Waals surface area contributed by atoms with Crippen molar-refractivity contribution in [3.63, 3.8) is 0 Å². The summed E-state index contributed by atoms with van der Waals surface area (Å²) in [5.41, 5.74) is -0.422. The maximum Gasteiger partial charge on any atom is 0.133 e. The third-order valence-corrected chi connectivity index (χ3v) is 4.39. The number of nitriles is 1. The highest BCUT2D eigenvalue weighted by Crippen LogP contribution is 2.32. The van der Waals surface area contributed by atoms with Crippen LogP contribution in [0.2, 0.25) is 0 Å². The van der Waals surface area contributed by atoms with Gasteiger partial charge in [-0.25, -0.2) is 0 Å². The number of ether oxygens (including phenoxy) is 1. The van der Waals surface area contributed by atoms with E-state index in [0.717, 1.165) is 19.3 Å². The zero-order chi connectivity index (χ0) is 12.1. The zero-order valence-electron chi connectivity index (χ0n) is 10.9. The van der Waals surface area contributed by atoms with Crippen LogP contribution in [0.4, 0.5) is 0 Å². The molecule has 2 fully saturated rings. The van der Waals surface area contributed by atoms with E-state index in [1.807, 2.05) is 0 Å². The van der Waals surface area contributed by atoms with Crippen molar-refractivity contribution in [2.75, 3.05) is 7.11 Å². The summed E-state index contributed by atoms with van der Waals surface area (Å²) < 4.78 is 5.55. The first-order chi connectivity index (χ1) is 8.30. The Morgan fingerprint density at radius 3 is 2.47 bits per heavy atom. The van der Waals surface area contributed by atoms with Crippen molar-refractivity contribution in [1.29, 1.82) is 5.26 Å². The lowest BCUT2D eigenvalue weighted by Gasteiger charge is -2.42. The molecular formula is C14H24N2O. The molecule has 3 nitrogen and oxygen atoms in total. The van der Waals surface area contributed by atoms with Crippen LogP contribution in [0, 0.1) is 11.3 Å². The van der Waals surface area contributed by atoms with E-state index in [9.17, 15) is 5.26 Å². The highest BCUT2D eigenvalue weighted by Gasteiger charge is 2.42. The highest BCUT2D eigenvalue weighted by atomic mass is 16.5. The van der Waals surface area contributed by atoms with Crippen LogP contribution in [0.5, 0.6) is 0 Å². The molecule has 2 aliphatic rings. The summed E-state index contributed by atoms with van der Waals surface area (Å²) in [6, 6.07) is 3.06. The zero-order valence-corrected chi connectivity index (χ0v) is 10.9. The van der Waals surface area contributed by atoms with Crippen molar-refractivity contribution in [2.24, 2.45) is 0 Å². The smallest absolute Gasteiger partial charge is 0.133 e. The lowest BCUT2D eigenvalue weighted by Crippen LogP contribution is -2.59. The van der Waals surface area contributed by atoms with E-state index in [4.69, 9.17) is 4.74 Å². The molecule has 2 atom stereocenters. The van der Waals surface area contributed by atoms with Crippen LogP contribution in [0.1, 0.15) is 57.8 Å². The second-order valence-electron chi connectivity index (χ2n) is 5.53. The van der Waals surface area contributed by atoms with E-state index >= 15 is 0 Å². The van der Waals surface area contributed by atoms with Gasteiger partial charge in [0, 0.05) is 13.2 Å². The normalized spacial score (nSPS) is 35.4. The molecule has 0 spiro atoms. The summed E-state index contributed by atoms with van der Waals surface area (Å²) in [6.07, 6.45) is 10.8. The predicted molar refractivity (Wildman–Crippen MR) is 67.6 cm³/mol. The van der Waals surface area contributed by atoms with Gasteiger partial charge in [0.1, 0.15) is 5.54 Å². The van der Waals surface area contributed by atoms with Crippen molar-refractivity contribution in [2.45, 2.75) is 75.5 Å². The molecule has 2 aliphatic carbocycles. The van der Waals surface area contributed by atoms with E-state index in [0.29, 0.717) is 6.04 Å². The minimum absolute atomic E-state index is 0.0724. The largest absolute Gasteiger partial charge is 0.378 e. The standard InChI is InChI=1S/C14H24N2O/c1-17-13-9-5-6-10-14(13,11-15)16-12-7-3-2-4-8-12/h12-13,16H,2-10H2,1H3. The van der Waals surface area contributed by atoms with E-state index in [1.165, 1.54) is 38.5 Å². The lowest BCUT2D eigenvalue weighted by atomic mass is 9.78. The van der Waals surface area contributed by atoms with Crippen LogP contribution in [0.15, 0.2) is 0 Å². The molecular weight excluding hydrogens is 212 g/mol. The summed E-state index contributed by atoms with van der Waals surface area (Å²) in [7, 11) is 1.74. The van der Waals surface area contributed by atoms with Crippen LogP contribution in [0.25, 0.3) is 0 Å². The van der Waals surface area contributed by atoms with Gasteiger partial charge < -0.3 is 4.74 Å². The van der Waals surface area contributed by atoms with Gasteiger partial charge in [0.2, 0.25) is 0 Å². The first-order valence-corrected chi connectivity index (χ1v) is 7.02. The van der Waals surface area contributed by atoms with E-state index in [2.05, 4.69) is 11.4 Å². The number of hydrogen-bond acceptors (Lipinski definition) is 3. The molecule has 0 aromatic carbocycles. The molecule has 17 heavy (non-hydrogen) atoms. The van der Waals surface area contributed by atoms with Crippen molar-refractivity contribution in [3.8, 4) is 6.07 Å². The molecule has 0 amide bonds. The molecule has 0 heterocycles. The fourth-order valence-electron chi connectivity index (χ4n) is 3.40. The Kier molecular flexibility index (Phi) is 4.42. The first kappa shape index (κ1) is 12.9. The summed E-state index contributed by atoms with van der Waals surface area (Å²) in [5, 5.41) is 13.2. The Morgan fingerprint density at radius 1 is 1.12 bits per heavy atom. The SMILES string of the molecule is COC1CCCCC1(C#N)NC1CCCCC1. The van der Waals surface area contributed by atoms with Crippen LogP contribution >= 0.6 is 0 Å². The fourth-order valence-corrected chi connectivity index (χ4v) is 3.40. The first-order valence-electron chi connectivity index (χ1n) is 7.02. The minimum atomic E-state index is -0.422. The van der Waals surface area contributed by atoms with Crippen LogP contribution in [-0.4, -0.2) is 24.8 Å².